The van der Waals surface area contributed by atoms with Crippen molar-refractivity contribution >= 4 is 34.9 Å². The molecule has 6 heteroatoms. The summed E-state index contributed by atoms with van der Waals surface area (Å²) in [4.78, 5) is 34.2. The monoisotopic (exact) mass is 252 g/mol. The van der Waals surface area contributed by atoms with E-state index in [1.54, 1.807) is 0 Å². The van der Waals surface area contributed by atoms with Gasteiger partial charge in [-0.15, -0.1) is 11.3 Å². The van der Waals surface area contributed by atoms with Crippen LogP contribution in [-0.4, -0.2) is 36.4 Å². The lowest BCUT2D eigenvalue weighted by Gasteiger charge is -2.14. The van der Waals surface area contributed by atoms with E-state index in [0.717, 1.165) is 17.4 Å². The van der Waals surface area contributed by atoms with Gasteiger partial charge in [-0.3, -0.25) is 9.59 Å². The maximum Gasteiger partial charge on any atom is 0.339 e. The Kier molecular flexibility index (Phi) is 2.91. The smallest absolute Gasteiger partial charge is 0.339 e. The highest BCUT2D eigenvalue weighted by atomic mass is 32.1. The maximum atomic E-state index is 11.7. The average Bonchev–Trinajstić information content (AvgIpc) is 2.77. The zero-order valence-electron chi connectivity index (χ0n) is 8.80. The molecule has 0 aromatic carbocycles. The van der Waals surface area contributed by atoms with Crippen LogP contribution in [-0.2, 0) is 9.53 Å². The van der Waals surface area contributed by atoms with Crippen LogP contribution in [0.3, 0.4) is 0 Å². The second-order valence-corrected chi connectivity index (χ2v) is 4.27. The van der Waals surface area contributed by atoms with Crippen molar-refractivity contribution < 1.29 is 24.2 Å². The van der Waals surface area contributed by atoms with Crippen LogP contribution in [0.2, 0.25) is 0 Å². The standard InChI is InChI=1S/C11H8O5S/c1-16-11(15)6-4-17-10-8(6)5(3-12)2-7(13)9(10)14/h2-4,7,13H,1H3. The summed E-state index contributed by atoms with van der Waals surface area (Å²) in [6.07, 6.45) is 0.316. The second kappa shape index (κ2) is 4.23. The first-order valence-electron chi connectivity index (χ1n) is 4.69. The van der Waals surface area contributed by atoms with Crippen molar-refractivity contribution in [2.45, 2.75) is 6.10 Å². The fourth-order valence-electron chi connectivity index (χ4n) is 1.65. The number of ketones is 1. The summed E-state index contributed by atoms with van der Waals surface area (Å²) in [7, 11) is 1.22. The third kappa shape index (κ3) is 1.71. The lowest BCUT2D eigenvalue weighted by molar-refractivity contribution is -0.103. The van der Waals surface area contributed by atoms with Crippen LogP contribution in [0.5, 0.6) is 0 Å². The second-order valence-electron chi connectivity index (χ2n) is 3.39. The first-order chi connectivity index (χ1) is 8.10. The number of methoxy groups -OCH3 is 1. The Hall–Kier alpha value is -1.79. The van der Waals surface area contributed by atoms with Crippen molar-refractivity contribution in [3.8, 4) is 0 Å². The molecule has 2 rings (SSSR count). The molecule has 17 heavy (non-hydrogen) atoms. The Morgan fingerprint density at radius 2 is 2.29 bits per heavy atom. The first-order valence-corrected chi connectivity index (χ1v) is 5.57. The van der Waals surface area contributed by atoms with Crippen molar-refractivity contribution in [1.82, 2.24) is 0 Å². The first kappa shape index (κ1) is 11.7. The largest absolute Gasteiger partial charge is 0.465 e. The van der Waals surface area contributed by atoms with Crippen LogP contribution in [0.4, 0.5) is 0 Å². The highest BCUT2D eigenvalue weighted by Gasteiger charge is 2.31. The van der Waals surface area contributed by atoms with Gasteiger partial charge in [-0.05, 0) is 6.08 Å². The lowest BCUT2D eigenvalue weighted by atomic mass is 9.93. The van der Waals surface area contributed by atoms with Gasteiger partial charge in [0.25, 0.3) is 0 Å². The Labute approximate surface area is 100 Å². The summed E-state index contributed by atoms with van der Waals surface area (Å²) in [5, 5.41) is 10.9. The highest BCUT2D eigenvalue weighted by molar-refractivity contribution is 7.13. The minimum atomic E-state index is -1.33. The van der Waals surface area contributed by atoms with E-state index in [1.165, 1.54) is 12.5 Å². The summed E-state index contributed by atoms with van der Waals surface area (Å²) in [6, 6.07) is 0. The number of allylic oxidation sites excluding steroid dienone is 1. The summed E-state index contributed by atoms with van der Waals surface area (Å²) < 4.78 is 4.57. The molecule has 1 heterocycles. The Balaban J connectivity index is 2.65. The number of aldehydes is 1. The summed E-state index contributed by atoms with van der Waals surface area (Å²) in [5.74, 6) is -1.12. The zero-order valence-corrected chi connectivity index (χ0v) is 9.61. The zero-order chi connectivity index (χ0) is 12.6. The van der Waals surface area contributed by atoms with E-state index in [2.05, 4.69) is 4.74 Å². The molecular formula is C11H8O5S. The molecule has 88 valence electrons. The Morgan fingerprint density at radius 3 is 2.88 bits per heavy atom. The molecule has 1 unspecified atom stereocenters. The number of aliphatic hydroxyl groups is 1. The molecule has 1 aliphatic rings. The molecule has 0 radical (unpaired) electrons. The van der Waals surface area contributed by atoms with Crippen molar-refractivity contribution in [2.24, 2.45) is 0 Å². The Morgan fingerprint density at radius 1 is 1.59 bits per heavy atom. The molecule has 1 N–H and O–H groups in total. The van der Waals surface area contributed by atoms with Gasteiger partial charge in [0.2, 0.25) is 5.78 Å². The van der Waals surface area contributed by atoms with Crippen LogP contribution in [0.25, 0.3) is 5.57 Å². The molecule has 1 atom stereocenters. The quantitative estimate of drug-likeness (QED) is 0.618. The molecule has 5 nitrogen and oxygen atoms in total. The molecular weight excluding hydrogens is 244 g/mol. The van der Waals surface area contributed by atoms with Gasteiger partial charge in [-0.2, -0.15) is 0 Å². The molecule has 1 aromatic heterocycles. The van der Waals surface area contributed by atoms with Gasteiger partial charge in [0, 0.05) is 16.5 Å². The number of ether oxygens (including phenoxy) is 1. The van der Waals surface area contributed by atoms with Crippen LogP contribution >= 0.6 is 11.3 Å². The van der Waals surface area contributed by atoms with Crippen molar-refractivity contribution in [3.05, 3.63) is 27.5 Å². The summed E-state index contributed by atoms with van der Waals surface area (Å²) in [5.41, 5.74) is 0.562. The number of thiophene rings is 1. The number of fused-ring (bicyclic) bond motifs is 1. The van der Waals surface area contributed by atoms with E-state index in [-0.39, 0.29) is 21.6 Å². The molecule has 0 spiro atoms. The van der Waals surface area contributed by atoms with Crippen LogP contribution in [0.15, 0.2) is 11.5 Å². The van der Waals surface area contributed by atoms with Crippen LogP contribution < -0.4 is 0 Å². The molecule has 1 aromatic rings. The fraction of sp³-hybridized carbons (Fsp3) is 0.182. The predicted octanol–water partition coefficient (Wildman–Crippen LogP) is 0.674. The van der Waals surface area contributed by atoms with E-state index in [1.807, 2.05) is 0 Å². The number of hydrogen-bond donors (Lipinski definition) is 1. The average molecular weight is 252 g/mol. The molecule has 0 bridgehead atoms. The summed E-state index contributed by atoms with van der Waals surface area (Å²) >= 11 is 1.02. The van der Waals surface area contributed by atoms with E-state index < -0.39 is 17.9 Å². The minimum absolute atomic E-state index is 0.133. The summed E-state index contributed by atoms with van der Waals surface area (Å²) in [6.45, 7) is 0. The number of carbonyl (C=O) groups excluding carboxylic acids is 3. The van der Waals surface area contributed by atoms with Gasteiger partial charge in [0.15, 0.2) is 6.29 Å². The lowest BCUT2D eigenvalue weighted by Crippen LogP contribution is -2.23. The van der Waals surface area contributed by atoms with Gasteiger partial charge in [0.05, 0.1) is 17.6 Å². The third-order valence-electron chi connectivity index (χ3n) is 2.44. The third-order valence-corrected chi connectivity index (χ3v) is 3.44. The van der Waals surface area contributed by atoms with Gasteiger partial charge in [-0.1, -0.05) is 0 Å². The molecule has 0 fully saturated rings. The predicted molar refractivity (Wildman–Crippen MR) is 60.0 cm³/mol. The molecule has 0 saturated heterocycles. The van der Waals surface area contributed by atoms with Crippen molar-refractivity contribution in [3.63, 3.8) is 0 Å². The highest BCUT2D eigenvalue weighted by Crippen LogP contribution is 2.33. The number of esters is 1. The van der Waals surface area contributed by atoms with Crippen molar-refractivity contribution in [2.75, 3.05) is 7.11 Å². The maximum absolute atomic E-state index is 11.7. The molecule has 0 aliphatic heterocycles. The number of Topliss-reactive ketones (excluding diaryl/α,β-unsaturated/α-hetero) is 1. The van der Waals surface area contributed by atoms with E-state index in [9.17, 15) is 19.5 Å². The van der Waals surface area contributed by atoms with Crippen LogP contribution in [0, 0.1) is 0 Å². The molecule has 0 amide bonds. The normalized spacial score (nSPS) is 18.4. The Bertz CT molecular complexity index is 540. The van der Waals surface area contributed by atoms with Gasteiger partial charge in [-0.25, -0.2) is 4.79 Å². The minimum Gasteiger partial charge on any atom is -0.465 e. The number of aliphatic hydroxyl groups excluding tert-OH is 1. The van der Waals surface area contributed by atoms with Crippen molar-refractivity contribution in [1.29, 1.82) is 0 Å². The van der Waals surface area contributed by atoms with Gasteiger partial charge < -0.3 is 9.84 Å². The van der Waals surface area contributed by atoms with E-state index in [0.29, 0.717) is 6.29 Å². The molecule has 1 aliphatic carbocycles. The van der Waals surface area contributed by atoms with E-state index >= 15 is 0 Å². The van der Waals surface area contributed by atoms with Crippen LogP contribution in [0.1, 0.15) is 25.6 Å². The number of hydrogen-bond acceptors (Lipinski definition) is 6. The topological polar surface area (TPSA) is 80.7 Å². The number of rotatable bonds is 2. The molecule has 0 saturated carbocycles. The number of carbonyl (C=O) groups is 3. The van der Waals surface area contributed by atoms with E-state index in [4.69, 9.17) is 0 Å². The SMILES string of the molecule is COC(=O)c1csc2c1C(C=O)=CC(O)C2=O. The fourth-order valence-corrected chi connectivity index (χ4v) is 2.68. The van der Waals surface area contributed by atoms with Gasteiger partial charge in [0.1, 0.15) is 6.10 Å². The van der Waals surface area contributed by atoms with Gasteiger partial charge >= 0.3 is 5.97 Å².